The molecule has 2 aromatic carbocycles. The second-order valence-corrected chi connectivity index (χ2v) is 9.57. The third-order valence-electron chi connectivity index (χ3n) is 7.47. The van der Waals surface area contributed by atoms with Crippen molar-refractivity contribution >= 4 is 11.8 Å². The van der Waals surface area contributed by atoms with Gasteiger partial charge in [-0.2, -0.15) is 0 Å². The van der Waals surface area contributed by atoms with Crippen LogP contribution in [0.1, 0.15) is 49.3 Å². The molecule has 2 aliphatic heterocycles. The summed E-state index contributed by atoms with van der Waals surface area (Å²) in [5.41, 5.74) is 2.54. The van der Waals surface area contributed by atoms with Crippen LogP contribution < -0.4 is 10.6 Å². The minimum Gasteiger partial charge on any atom is -0.350 e. The van der Waals surface area contributed by atoms with Crippen LogP contribution >= 0.6 is 0 Å². The Bertz CT molecular complexity index is 904. The highest BCUT2D eigenvalue weighted by molar-refractivity contribution is 5.89. The van der Waals surface area contributed by atoms with Crippen LogP contribution in [0.4, 0.5) is 0 Å². The van der Waals surface area contributed by atoms with Gasteiger partial charge in [0.1, 0.15) is 0 Å². The van der Waals surface area contributed by atoms with Gasteiger partial charge < -0.3 is 15.5 Å². The lowest BCUT2D eigenvalue weighted by Gasteiger charge is -2.42. The van der Waals surface area contributed by atoms with Crippen molar-refractivity contribution in [3.8, 4) is 0 Å². The average molecular weight is 447 g/mol. The molecule has 2 aromatic rings. The van der Waals surface area contributed by atoms with E-state index in [9.17, 15) is 9.59 Å². The van der Waals surface area contributed by atoms with Crippen LogP contribution in [0, 0.1) is 0 Å². The quantitative estimate of drug-likeness (QED) is 0.741. The lowest BCUT2D eigenvalue weighted by atomic mass is 9.87. The van der Waals surface area contributed by atoms with Gasteiger partial charge in [0.05, 0.1) is 18.5 Å². The zero-order valence-electron chi connectivity index (χ0n) is 19.2. The Morgan fingerprint density at radius 3 is 2.03 bits per heavy atom. The Balaban J connectivity index is 1.21. The summed E-state index contributed by atoms with van der Waals surface area (Å²) in [7, 11) is 0. The average Bonchev–Trinajstić information content (AvgIpc) is 2.86. The van der Waals surface area contributed by atoms with Gasteiger partial charge in [-0.3, -0.25) is 14.5 Å². The minimum absolute atomic E-state index is 0.0154. The van der Waals surface area contributed by atoms with Crippen LogP contribution in [-0.2, 0) is 9.59 Å². The Hall–Kier alpha value is -2.70. The van der Waals surface area contributed by atoms with Gasteiger partial charge in [0.15, 0.2) is 0 Å². The number of hydrogen-bond donors (Lipinski definition) is 2. The molecule has 0 aromatic heterocycles. The Labute approximate surface area is 196 Å². The van der Waals surface area contributed by atoms with Crippen LogP contribution in [-0.4, -0.2) is 65.9 Å². The maximum absolute atomic E-state index is 13.1. The molecule has 2 N–H and O–H groups in total. The van der Waals surface area contributed by atoms with Crippen LogP contribution in [0.5, 0.6) is 0 Å². The molecule has 2 amide bonds. The minimum atomic E-state index is -0.406. The molecule has 3 fully saturated rings. The molecule has 33 heavy (non-hydrogen) atoms. The van der Waals surface area contributed by atoms with Crippen LogP contribution in [0.15, 0.2) is 60.7 Å². The third-order valence-corrected chi connectivity index (χ3v) is 7.47. The predicted molar refractivity (Wildman–Crippen MR) is 129 cm³/mol. The van der Waals surface area contributed by atoms with Crippen molar-refractivity contribution in [2.45, 2.75) is 56.3 Å². The normalized spacial score (nSPS) is 26.0. The van der Waals surface area contributed by atoms with E-state index in [4.69, 9.17) is 0 Å². The van der Waals surface area contributed by atoms with Gasteiger partial charge in [-0.05, 0) is 24.0 Å². The number of carbonyl (C=O) groups is 2. The molecule has 3 aliphatic rings. The van der Waals surface area contributed by atoms with Gasteiger partial charge in [-0.25, -0.2) is 0 Å². The number of nitrogens with one attached hydrogen (secondary N) is 2. The van der Waals surface area contributed by atoms with Gasteiger partial charge in [0.25, 0.3) is 0 Å². The van der Waals surface area contributed by atoms with Gasteiger partial charge in [-0.1, -0.05) is 73.5 Å². The van der Waals surface area contributed by atoms with Crippen molar-refractivity contribution < 1.29 is 9.59 Å². The summed E-state index contributed by atoms with van der Waals surface area (Å²) in [6, 6.07) is 21.5. The fourth-order valence-corrected chi connectivity index (χ4v) is 5.69. The molecule has 3 atom stereocenters. The first-order chi connectivity index (χ1) is 16.2. The van der Waals surface area contributed by atoms with Gasteiger partial charge in [-0.15, -0.1) is 0 Å². The molecule has 0 unspecified atom stereocenters. The van der Waals surface area contributed by atoms with E-state index in [-0.39, 0.29) is 30.3 Å². The molecule has 2 saturated heterocycles. The first-order valence-electron chi connectivity index (χ1n) is 12.4. The van der Waals surface area contributed by atoms with Gasteiger partial charge in [0, 0.05) is 38.3 Å². The molecule has 1 saturated carbocycles. The molecule has 0 radical (unpaired) electrons. The Morgan fingerprint density at radius 2 is 1.42 bits per heavy atom. The van der Waals surface area contributed by atoms with Crippen molar-refractivity contribution in [1.29, 1.82) is 0 Å². The maximum Gasteiger partial charge on any atom is 0.237 e. The number of amides is 2. The third kappa shape index (κ3) is 4.97. The van der Waals surface area contributed by atoms with E-state index in [1.54, 1.807) is 0 Å². The standard InChI is InChI=1S/C27H34N4O2/c32-25(19-24-27(33)29-23-14-8-7-13-22(23)28-24)30-15-17-31(18-16-30)26(20-9-3-1-4-10-20)21-11-5-2-6-12-21/h1-6,9-12,22-24,26,28H,7-8,13-19H2,(H,29,33)/t22-,23+,24-/m0/s1. The van der Waals surface area contributed by atoms with E-state index in [0.29, 0.717) is 19.1 Å². The maximum atomic E-state index is 13.1. The zero-order chi connectivity index (χ0) is 22.6. The SMILES string of the molecule is O=C1N[C@@H]2CCCC[C@@H]2N[C@H]1CC(=O)N1CCN(C(c2ccccc2)c2ccccc2)CC1. The summed E-state index contributed by atoms with van der Waals surface area (Å²) in [4.78, 5) is 30.0. The molecule has 2 heterocycles. The van der Waals surface area contributed by atoms with E-state index >= 15 is 0 Å². The lowest BCUT2D eigenvalue weighted by Crippen LogP contribution is -2.65. The Kier molecular flexibility index (Phi) is 6.74. The van der Waals surface area contributed by atoms with E-state index in [1.807, 2.05) is 17.0 Å². The number of fused-ring (bicyclic) bond motifs is 1. The molecule has 1 aliphatic carbocycles. The molecule has 6 heteroatoms. The largest absolute Gasteiger partial charge is 0.350 e. The number of piperazine rings is 2. The zero-order valence-corrected chi connectivity index (χ0v) is 19.2. The number of rotatable bonds is 5. The summed E-state index contributed by atoms with van der Waals surface area (Å²) in [6.45, 7) is 3.01. The van der Waals surface area contributed by atoms with Gasteiger partial charge >= 0.3 is 0 Å². The van der Waals surface area contributed by atoms with Crippen molar-refractivity contribution in [3.05, 3.63) is 71.8 Å². The highest BCUT2D eigenvalue weighted by Crippen LogP contribution is 2.29. The second kappa shape index (κ2) is 10.1. The summed E-state index contributed by atoms with van der Waals surface area (Å²) < 4.78 is 0. The summed E-state index contributed by atoms with van der Waals surface area (Å²) in [6.07, 6.45) is 4.72. The van der Waals surface area contributed by atoms with Crippen LogP contribution in [0.3, 0.4) is 0 Å². The second-order valence-electron chi connectivity index (χ2n) is 9.57. The molecule has 0 bridgehead atoms. The first-order valence-corrected chi connectivity index (χ1v) is 12.4. The fraction of sp³-hybridized carbons (Fsp3) is 0.481. The van der Waals surface area contributed by atoms with Crippen molar-refractivity contribution in [3.63, 3.8) is 0 Å². The fourth-order valence-electron chi connectivity index (χ4n) is 5.69. The number of nitrogens with zero attached hydrogens (tertiary/aromatic N) is 2. The van der Waals surface area contributed by atoms with Crippen molar-refractivity contribution in [2.75, 3.05) is 26.2 Å². The molecule has 0 spiro atoms. The van der Waals surface area contributed by atoms with Crippen molar-refractivity contribution in [2.24, 2.45) is 0 Å². The molecule has 174 valence electrons. The number of carbonyl (C=O) groups excluding carboxylic acids is 2. The molecular formula is C27H34N4O2. The number of benzene rings is 2. The molecular weight excluding hydrogens is 412 g/mol. The van der Waals surface area contributed by atoms with Crippen LogP contribution in [0.2, 0.25) is 0 Å². The van der Waals surface area contributed by atoms with E-state index in [2.05, 4.69) is 64.1 Å². The van der Waals surface area contributed by atoms with E-state index < -0.39 is 6.04 Å². The highest BCUT2D eigenvalue weighted by atomic mass is 16.2. The van der Waals surface area contributed by atoms with Crippen LogP contribution in [0.25, 0.3) is 0 Å². The van der Waals surface area contributed by atoms with Crippen molar-refractivity contribution in [1.82, 2.24) is 20.4 Å². The summed E-state index contributed by atoms with van der Waals surface area (Å²) in [5.74, 6) is 0.0610. The topological polar surface area (TPSA) is 64.7 Å². The van der Waals surface area contributed by atoms with E-state index in [1.165, 1.54) is 24.0 Å². The van der Waals surface area contributed by atoms with Gasteiger partial charge in [0.2, 0.25) is 11.8 Å². The molecule has 6 nitrogen and oxygen atoms in total. The predicted octanol–water partition coefficient (Wildman–Crippen LogP) is 2.71. The summed E-state index contributed by atoms with van der Waals surface area (Å²) in [5, 5.41) is 6.63. The summed E-state index contributed by atoms with van der Waals surface area (Å²) >= 11 is 0. The first kappa shape index (κ1) is 22.1. The monoisotopic (exact) mass is 446 g/mol. The number of hydrogen-bond acceptors (Lipinski definition) is 4. The van der Waals surface area contributed by atoms with E-state index in [0.717, 1.165) is 25.9 Å². The smallest absolute Gasteiger partial charge is 0.237 e. The lowest BCUT2D eigenvalue weighted by molar-refractivity contribution is -0.138. The highest BCUT2D eigenvalue weighted by Gasteiger charge is 2.38. The molecule has 5 rings (SSSR count). The Morgan fingerprint density at radius 1 is 0.848 bits per heavy atom.